The fourth-order valence-corrected chi connectivity index (χ4v) is 4.09. The highest BCUT2D eigenvalue weighted by Gasteiger charge is 2.47. The van der Waals surface area contributed by atoms with Crippen molar-refractivity contribution in [2.75, 3.05) is 13.1 Å². The van der Waals surface area contributed by atoms with Crippen molar-refractivity contribution in [1.29, 1.82) is 0 Å². The van der Waals surface area contributed by atoms with Crippen LogP contribution in [0.1, 0.15) is 38.3 Å². The van der Waals surface area contributed by atoms with Crippen LogP contribution in [0.25, 0.3) is 0 Å². The van der Waals surface area contributed by atoms with Crippen LogP contribution in [0.2, 0.25) is 0 Å². The average molecular weight is 245 g/mol. The molecular formula is C16H23NO. The molecule has 1 aromatic carbocycles. The van der Waals surface area contributed by atoms with Crippen molar-refractivity contribution in [2.45, 2.75) is 45.1 Å². The van der Waals surface area contributed by atoms with Gasteiger partial charge in [0, 0.05) is 6.04 Å². The number of rotatable bonds is 1. The van der Waals surface area contributed by atoms with Gasteiger partial charge in [-0.05, 0) is 60.5 Å². The fourth-order valence-electron chi connectivity index (χ4n) is 4.09. The molecule has 2 nitrogen and oxygen atoms in total. The van der Waals surface area contributed by atoms with Crippen LogP contribution in [0.3, 0.4) is 0 Å². The van der Waals surface area contributed by atoms with Crippen LogP contribution in [0.15, 0.2) is 18.2 Å². The van der Waals surface area contributed by atoms with Crippen LogP contribution >= 0.6 is 0 Å². The van der Waals surface area contributed by atoms with Crippen LogP contribution < -0.4 is 0 Å². The van der Waals surface area contributed by atoms with E-state index >= 15 is 0 Å². The molecule has 3 rings (SSSR count). The molecule has 1 aromatic rings. The first kappa shape index (κ1) is 12.0. The summed E-state index contributed by atoms with van der Waals surface area (Å²) in [5, 5.41) is 9.77. The first-order valence-electron chi connectivity index (χ1n) is 7.12. The molecule has 1 aliphatic carbocycles. The molecule has 18 heavy (non-hydrogen) atoms. The quantitative estimate of drug-likeness (QED) is 0.822. The van der Waals surface area contributed by atoms with Gasteiger partial charge in [-0.15, -0.1) is 0 Å². The summed E-state index contributed by atoms with van der Waals surface area (Å²) >= 11 is 0. The van der Waals surface area contributed by atoms with Gasteiger partial charge in [-0.2, -0.15) is 0 Å². The first-order valence-corrected chi connectivity index (χ1v) is 7.12. The number of benzene rings is 1. The van der Waals surface area contributed by atoms with E-state index < -0.39 is 0 Å². The van der Waals surface area contributed by atoms with Gasteiger partial charge in [-0.25, -0.2) is 0 Å². The van der Waals surface area contributed by atoms with E-state index in [0.717, 1.165) is 13.0 Å². The Kier molecular flexibility index (Phi) is 2.67. The molecule has 3 atom stereocenters. The van der Waals surface area contributed by atoms with E-state index in [-0.39, 0.29) is 5.41 Å². The molecule has 1 N–H and O–H groups in total. The van der Waals surface area contributed by atoms with Crippen molar-refractivity contribution in [3.63, 3.8) is 0 Å². The van der Waals surface area contributed by atoms with Gasteiger partial charge < -0.3 is 10.0 Å². The smallest absolute Gasteiger partial charge is 0.115 e. The Morgan fingerprint density at radius 2 is 2.22 bits per heavy atom. The van der Waals surface area contributed by atoms with Gasteiger partial charge in [-0.1, -0.05) is 26.8 Å². The lowest BCUT2D eigenvalue weighted by molar-refractivity contribution is 0.0353. The van der Waals surface area contributed by atoms with Gasteiger partial charge in [0.2, 0.25) is 0 Å². The summed E-state index contributed by atoms with van der Waals surface area (Å²) in [4.78, 5) is 2.63. The van der Waals surface area contributed by atoms with E-state index in [9.17, 15) is 5.11 Å². The number of aromatic hydroxyl groups is 1. The number of nitrogens with zero attached hydrogens (tertiary/aromatic N) is 1. The third-order valence-electron chi connectivity index (χ3n) is 5.51. The molecule has 1 saturated heterocycles. The van der Waals surface area contributed by atoms with E-state index in [4.69, 9.17) is 0 Å². The number of fused-ring (bicyclic) bond motifs is 4. The minimum Gasteiger partial charge on any atom is -0.508 e. The van der Waals surface area contributed by atoms with E-state index in [1.54, 1.807) is 0 Å². The topological polar surface area (TPSA) is 23.5 Å². The lowest BCUT2D eigenvalue weighted by atomic mass is 9.59. The summed E-state index contributed by atoms with van der Waals surface area (Å²) in [5.41, 5.74) is 3.07. The highest BCUT2D eigenvalue weighted by Crippen LogP contribution is 2.49. The zero-order valence-electron chi connectivity index (χ0n) is 11.6. The summed E-state index contributed by atoms with van der Waals surface area (Å²) in [6, 6.07) is 6.64. The van der Waals surface area contributed by atoms with E-state index in [1.807, 2.05) is 12.1 Å². The highest BCUT2D eigenvalue weighted by molar-refractivity contribution is 5.44. The Labute approximate surface area is 110 Å². The van der Waals surface area contributed by atoms with Crippen molar-refractivity contribution in [2.24, 2.45) is 5.92 Å². The molecule has 0 radical (unpaired) electrons. The SMILES string of the molecule is CCN1CC[C@@]2(C)c3cc(O)ccc3C[C@@H]1[C@@H]2C. The zero-order chi connectivity index (χ0) is 12.9. The van der Waals surface area contributed by atoms with Gasteiger partial charge in [0.1, 0.15) is 5.75 Å². The highest BCUT2D eigenvalue weighted by atomic mass is 16.3. The normalized spacial score (nSPS) is 35.3. The number of hydrogen-bond donors (Lipinski definition) is 1. The standard InChI is InChI=1S/C16H23NO/c1-4-17-8-7-16(3)11(2)15(17)9-12-5-6-13(18)10-14(12)16/h5-6,10-11,15,18H,4,7-9H2,1-3H3/t11-,15+,16+/m0/s1. The molecule has 1 fully saturated rings. The first-order chi connectivity index (χ1) is 8.56. The number of piperidine rings is 1. The largest absolute Gasteiger partial charge is 0.508 e. The minimum absolute atomic E-state index is 0.239. The Morgan fingerprint density at radius 1 is 1.44 bits per heavy atom. The van der Waals surface area contributed by atoms with Crippen LogP contribution in [0, 0.1) is 5.92 Å². The maximum absolute atomic E-state index is 9.77. The monoisotopic (exact) mass is 245 g/mol. The second kappa shape index (κ2) is 3.99. The van der Waals surface area contributed by atoms with Crippen molar-refractivity contribution in [3.8, 4) is 5.75 Å². The van der Waals surface area contributed by atoms with Crippen LogP contribution in [-0.4, -0.2) is 29.1 Å². The number of likely N-dealkylation sites (N-methyl/N-ethyl adjacent to an activating group) is 1. The summed E-state index contributed by atoms with van der Waals surface area (Å²) in [6.45, 7) is 9.38. The van der Waals surface area contributed by atoms with E-state index in [0.29, 0.717) is 17.7 Å². The molecule has 2 bridgehead atoms. The third kappa shape index (κ3) is 1.51. The molecule has 98 valence electrons. The Balaban J connectivity index is 2.11. The van der Waals surface area contributed by atoms with E-state index in [2.05, 4.69) is 31.7 Å². The van der Waals surface area contributed by atoms with Crippen LogP contribution in [-0.2, 0) is 11.8 Å². The molecule has 1 aliphatic heterocycles. The molecule has 1 heterocycles. The molecule has 0 spiro atoms. The predicted molar refractivity (Wildman–Crippen MR) is 74.0 cm³/mol. The summed E-state index contributed by atoms with van der Waals surface area (Å²) < 4.78 is 0. The molecule has 2 heteroatoms. The van der Waals surface area contributed by atoms with Crippen molar-refractivity contribution in [1.82, 2.24) is 4.90 Å². The average Bonchev–Trinajstić information content (AvgIpc) is 2.35. The Hall–Kier alpha value is -1.02. The number of likely N-dealkylation sites (tertiary alicyclic amines) is 1. The van der Waals surface area contributed by atoms with Crippen molar-refractivity contribution >= 4 is 0 Å². The van der Waals surface area contributed by atoms with Gasteiger partial charge in [-0.3, -0.25) is 0 Å². The van der Waals surface area contributed by atoms with Gasteiger partial charge >= 0.3 is 0 Å². The molecule has 0 aromatic heterocycles. The van der Waals surface area contributed by atoms with Gasteiger partial charge in [0.25, 0.3) is 0 Å². The second-order valence-electron chi connectivity index (χ2n) is 6.20. The van der Waals surface area contributed by atoms with Crippen molar-refractivity contribution in [3.05, 3.63) is 29.3 Å². The summed E-state index contributed by atoms with van der Waals surface area (Å²) in [7, 11) is 0. The second-order valence-corrected chi connectivity index (χ2v) is 6.20. The van der Waals surface area contributed by atoms with Crippen LogP contribution in [0.4, 0.5) is 0 Å². The third-order valence-corrected chi connectivity index (χ3v) is 5.51. The number of phenolic OH excluding ortho intramolecular Hbond substituents is 1. The maximum atomic E-state index is 9.77. The maximum Gasteiger partial charge on any atom is 0.115 e. The molecule has 2 aliphatic rings. The number of hydrogen-bond acceptors (Lipinski definition) is 2. The summed E-state index contributed by atoms with van der Waals surface area (Å²) in [6.07, 6.45) is 2.34. The van der Waals surface area contributed by atoms with Crippen molar-refractivity contribution < 1.29 is 5.11 Å². The lowest BCUT2D eigenvalue weighted by Gasteiger charge is -2.54. The lowest BCUT2D eigenvalue weighted by Crippen LogP contribution is -2.57. The predicted octanol–water partition coefficient (Wildman–Crippen LogP) is 2.94. The molecular weight excluding hydrogens is 222 g/mol. The number of phenols is 1. The Bertz CT molecular complexity index is 470. The molecule has 0 unspecified atom stereocenters. The molecule has 0 saturated carbocycles. The van der Waals surface area contributed by atoms with Crippen LogP contribution in [0.5, 0.6) is 5.75 Å². The zero-order valence-corrected chi connectivity index (χ0v) is 11.6. The Morgan fingerprint density at radius 3 is 2.94 bits per heavy atom. The van der Waals surface area contributed by atoms with Gasteiger partial charge in [0.15, 0.2) is 0 Å². The van der Waals surface area contributed by atoms with E-state index in [1.165, 1.54) is 24.1 Å². The summed E-state index contributed by atoms with van der Waals surface area (Å²) in [5.74, 6) is 1.08. The fraction of sp³-hybridized carbons (Fsp3) is 0.625. The molecule has 0 amide bonds. The minimum atomic E-state index is 0.239. The van der Waals surface area contributed by atoms with Gasteiger partial charge in [0.05, 0.1) is 0 Å².